The van der Waals surface area contributed by atoms with Crippen molar-refractivity contribution >= 4 is 27.6 Å². The molecule has 0 amide bonds. The molecular formula is C11H14ClNO4S. The summed E-state index contributed by atoms with van der Waals surface area (Å²) in [6.45, 7) is 1.67. The minimum atomic E-state index is -3.78. The number of hydrogen-bond acceptors (Lipinski definition) is 3. The van der Waals surface area contributed by atoms with Gasteiger partial charge < -0.3 is 5.11 Å². The van der Waals surface area contributed by atoms with Crippen LogP contribution in [0.15, 0.2) is 24.3 Å². The van der Waals surface area contributed by atoms with Gasteiger partial charge in [0, 0.05) is 11.1 Å². The van der Waals surface area contributed by atoms with Crippen LogP contribution in [0.2, 0.25) is 5.02 Å². The third-order valence-electron chi connectivity index (χ3n) is 2.15. The lowest BCUT2D eigenvalue weighted by Crippen LogP contribution is -2.37. The lowest BCUT2D eigenvalue weighted by atomic mass is 10.1. The van der Waals surface area contributed by atoms with E-state index in [9.17, 15) is 13.2 Å². The molecule has 100 valence electrons. The van der Waals surface area contributed by atoms with Gasteiger partial charge in [0.05, 0.1) is 0 Å². The van der Waals surface area contributed by atoms with Crippen LogP contribution < -0.4 is 4.72 Å². The van der Waals surface area contributed by atoms with Crippen molar-refractivity contribution < 1.29 is 18.3 Å². The molecule has 0 aliphatic heterocycles. The SMILES string of the molecule is CC(Cc1ccc(Cl)cc1)NS(=O)(=O)CC(=O)O. The van der Waals surface area contributed by atoms with Gasteiger partial charge in [0.1, 0.15) is 0 Å². The molecule has 0 fully saturated rings. The van der Waals surface area contributed by atoms with E-state index in [1.165, 1.54) is 0 Å². The van der Waals surface area contributed by atoms with Crippen molar-refractivity contribution in [2.75, 3.05) is 5.75 Å². The molecule has 0 bridgehead atoms. The second kappa shape index (κ2) is 6.17. The number of nitrogens with one attached hydrogen (secondary N) is 1. The van der Waals surface area contributed by atoms with Gasteiger partial charge in [-0.05, 0) is 31.0 Å². The highest BCUT2D eigenvalue weighted by molar-refractivity contribution is 7.90. The molecule has 0 heterocycles. The Morgan fingerprint density at radius 1 is 1.39 bits per heavy atom. The van der Waals surface area contributed by atoms with E-state index in [1.54, 1.807) is 31.2 Å². The van der Waals surface area contributed by atoms with Gasteiger partial charge in [-0.3, -0.25) is 4.79 Å². The topological polar surface area (TPSA) is 83.5 Å². The van der Waals surface area contributed by atoms with Crippen LogP contribution in [0.25, 0.3) is 0 Å². The number of carboxylic acids is 1. The second-order valence-corrected chi connectivity index (χ2v) is 6.19. The number of carboxylic acid groups (broad SMARTS) is 1. The van der Waals surface area contributed by atoms with Crippen LogP contribution in [0.3, 0.4) is 0 Å². The molecule has 2 N–H and O–H groups in total. The number of rotatable bonds is 6. The first-order valence-electron chi connectivity index (χ1n) is 5.25. The van der Waals surface area contributed by atoms with E-state index in [2.05, 4.69) is 4.72 Å². The Kier molecular flexibility index (Phi) is 5.13. The summed E-state index contributed by atoms with van der Waals surface area (Å²) in [6.07, 6.45) is 0.468. The molecule has 7 heteroatoms. The Balaban J connectivity index is 2.59. The molecule has 0 aliphatic rings. The Hall–Kier alpha value is -1.11. The summed E-state index contributed by atoms with van der Waals surface area (Å²) >= 11 is 5.74. The highest BCUT2D eigenvalue weighted by Gasteiger charge is 2.18. The molecule has 1 aromatic rings. The molecule has 0 spiro atoms. The molecule has 1 aromatic carbocycles. The average Bonchev–Trinajstić information content (AvgIpc) is 2.18. The van der Waals surface area contributed by atoms with E-state index in [1.807, 2.05) is 0 Å². The lowest BCUT2D eigenvalue weighted by Gasteiger charge is -2.13. The molecular weight excluding hydrogens is 278 g/mol. The van der Waals surface area contributed by atoms with Crippen LogP contribution in [-0.2, 0) is 21.2 Å². The first-order chi connectivity index (χ1) is 8.28. The molecule has 1 atom stereocenters. The normalized spacial score (nSPS) is 13.2. The van der Waals surface area contributed by atoms with Gasteiger partial charge in [-0.1, -0.05) is 23.7 Å². The molecule has 0 aromatic heterocycles. The van der Waals surface area contributed by atoms with Crippen molar-refractivity contribution in [1.29, 1.82) is 0 Å². The van der Waals surface area contributed by atoms with Crippen LogP contribution in [0.1, 0.15) is 12.5 Å². The van der Waals surface area contributed by atoms with Crippen molar-refractivity contribution in [3.63, 3.8) is 0 Å². The predicted molar refractivity (Wildman–Crippen MR) is 69.2 cm³/mol. The molecule has 0 radical (unpaired) electrons. The minimum Gasteiger partial charge on any atom is -0.480 e. The quantitative estimate of drug-likeness (QED) is 0.827. The van der Waals surface area contributed by atoms with Crippen LogP contribution in [0.5, 0.6) is 0 Å². The lowest BCUT2D eigenvalue weighted by molar-refractivity contribution is -0.134. The van der Waals surface area contributed by atoms with Crippen molar-refractivity contribution in [2.24, 2.45) is 0 Å². The molecule has 0 aliphatic carbocycles. The molecule has 5 nitrogen and oxygen atoms in total. The summed E-state index contributed by atoms with van der Waals surface area (Å²) in [6, 6.07) is 6.65. The van der Waals surface area contributed by atoms with Crippen LogP contribution >= 0.6 is 11.6 Å². The maximum atomic E-state index is 11.4. The number of aliphatic carboxylic acids is 1. The number of benzene rings is 1. The van der Waals surface area contributed by atoms with Crippen molar-refractivity contribution in [3.05, 3.63) is 34.9 Å². The third-order valence-corrected chi connectivity index (χ3v) is 3.79. The van der Waals surface area contributed by atoms with Gasteiger partial charge in [0.15, 0.2) is 5.75 Å². The highest BCUT2D eigenvalue weighted by Crippen LogP contribution is 2.11. The fourth-order valence-corrected chi connectivity index (χ4v) is 2.76. The van der Waals surface area contributed by atoms with Crippen molar-refractivity contribution in [1.82, 2.24) is 4.72 Å². The zero-order chi connectivity index (χ0) is 13.8. The average molecular weight is 292 g/mol. The van der Waals surface area contributed by atoms with Crippen molar-refractivity contribution in [2.45, 2.75) is 19.4 Å². The van der Waals surface area contributed by atoms with Gasteiger partial charge >= 0.3 is 5.97 Å². The number of halogens is 1. The maximum Gasteiger partial charge on any atom is 0.320 e. The van der Waals surface area contributed by atoms with Crippen LogP contribution in [-0.4, -0.2) is 31.3 Å². The van der Waals surface area contributed by atoms with Crippen LogP contribution in [0.4, 0.5) is 0 Å². The smallest absolute Gasteiger partial charge is 0.320 e. The fourth-order valence-electron chi connectivity index (χ4n) is 1.53. The first kappa shape index (κ1) is 14.9. The van der Waals surface area contributed by atoms with Gasteiger partial charge in [-0.25, -0.2) is 13.1 Å². The summed E-state index contributed by atoms with van der Waals surface area (Å²) in [5.41, 5.74) is 0.921. The highest BCUT2D eigenvalue weighted by atomic mass is 35.5. The fraction of sp³-hybridized carbons (Fsp3) is 0.364. The van der Waals surface area contributed by atoms with E-state index in [0.717, 1.165) is 5.56 Å². The van der Waals surface area contributed by atoms with Gasteiger partial charge in [0.2, 0.25) is 10.0 Å². The van der Waals surface area contributed by atoms with Gasteiger partial charge in [-0.2, -0.15) is 0 Å². The number of carbonyl (C=O) groups is 1. The zero-order valence-corrected chi connectivity index (χ0v) is 11.3. The second-order valence-electron chi connectivity index (χ2n) is 4.00. The first-order valence-corrected chi connectivity index (χ1v) is 7.28. The summed E-state index contributed by atoms with van der Waals surface area (Å²) in [4.78, 5) is 10.4. The third kappa shape index (κ3) is 5.48. The van der Waals surface area contributed by atoms with E-state index in [0.29, 0.717) is 11.4 Å². The van der Waals surface area contributed by atoms with Crippen molar-refractivity contribution in [3.8, 4) is 0 Å². The largest absolute Gasteiger partial charge is 0.480 e. The Morgan fingerprint density at radius 3 is 2.44 bits per heavy atom. The van der Waals surface area contributed by atoms with Crippen LogP contribution in [0, 0.1) is 0 Å². The molecule has 1 unspecified atom stereocenters. The monoisotopic (exact) mass is 291 g/mol. The summed E-state index contributed by atoms with van der Waals surface area (Å²) < 4.78 is 25.1. The Bertz CT molecular complexity index is 512. The zero-order valence-electron chi connectivity index (χ0n) is 9.76. The Labute approximate surface area is 111 Å². The number of hydrogen-bond donors (Lipinski definition) is 2. The van der Waals surface area contributed by atoms with E-state index in [-0.39, 0.29) is 6.04 Å². The molecule has 0 saturated heterocycles. The van der Waals surface area contributed by atoms with E-state index < -0.39 is 21.7 Å². The van der Waals surface area contributed by atoms with Gasteiger partial charge in [-0.15, -0.1) is 0 Å². The molecule has 1 rings (SSSR count). The molecule has 18 heavy (non-hydrogen) atoms. The summed E-state index contributed by atoms with van der Waals surface area (Å²) in [5.74, 6) is -2.29. The predicted octanol–water partition coefficient (Wildman–Crippen LogP) is 1.27. The van der Waals surface area contributed by atoms with Gasteiger partial charge in [0.25, 0.3) is 0 Å². The minimum absolute atomic E-state index is 0.379. The standard InChI is InChI=1S/C11H14ClNO4S/c1-8(13-18(16,17)7-11(14)15)6-9-2-4-10(12)5-3-9/h2-5,8,13H,6-7H2,1H3,(H,14,15). The molecule has 0 saturated carbocycles. The number of sulfonamides is 1. The Morgan fingerprint density at radius 2 is 1.94 bits per heavy atom. The summed E-state index contributed by atoms with van der Waals surface area (Å²) in [7, 11) is -3.78. The van der Waals surface area contributed by atoms with E-state index >= 15 is 0 Å². The maximum absolute atomic E-state index is 11.4. The summed E-state index contributed by atoms with van der Waals surface area (Å²) in [5, 5.41) is 9.06. The van der Waals surface area contributed by atoms with E-state index in [4.69, 9.17) is 16.7 Å².